The van der Waals surface area contributed by atoms with Gasteiger partial charge in [0, 0.05) is 23.3 Å². The molecule has 1 aromatic heterocycles. The number of aromatic nitrogens is 2. The Balaban J connectivity index is 1.51. The first-order chi connectivity index (χ1) is 16.5. The Morgan fingerprint density at radius 2 is 1.56 bits per heavy atom. The first kappa shape index (κ1) is 23.4. The summed E-state index contributed by atoms with van der Waals surface area (Å²) in [6.45, 7) is 2.17. The molecule has 0 saturated carbocycles. The molecular formula is C28H24F3N3. The van der Waals surface area contributed by atoms with Crippen molar-refractivity contribution < 1.29 is 13.2 Å². The van der Waals surface area contributed by atoms with E-state index in [1.54, 1.807) is 18.2 Å². The Hall–Kier alpha value is -3.72. The van der Waals surface area contributed by atoms with Gasteiger partial charge >= 0.3 is 0 Å². The van der Waals surface area contributed by atoms with Crippen LogP contribution in [0.15, 0.2) is 54.9 Å². The molecule has 3 aromatic carbocycles. The van der Waals surface area contributed by atoms with Crippen molar-refractivity contribution in [3.8, 4) is 17.5 Å². The number of nitrogens with zero attached hydrogens (tertiary/aromatic N) is 3. The van der Waals surface area contributed by atoms with Gasteiger partial charge in [-0.3, -0.25) is 0 Å². The lowest BCUT2D eigenvalue weighted by Crippen LogP contribution is -1.99. The van der Waals surface area contributed by atoms with Gasteiger partial charge in [-0.05, 0) is 66.0 Å². The summed E-state index contributed by atoms with van der Waals surface area (Å²) in [4.78, 5) is 8.96. The largest absolute Gasteiger partial charge is 0.236 e. The lowest BCUT2D eigenvalue weighted by Gasteiger charge is -2.09. The van der Waals surface area contributed by atoms with Crippen molar-refractivity contribution in [3.05, 3.63) is 94.6 Å². The molecule has 6 heteroatoms. The SMILES string of the molecule is CCCCCc1cnc(-c2ccc3c(F)c(CCc4cc(F)c(C#N)c(F)c4)ccc3c2)nc1. The zero-order valence-electron chi connectivity index (χ0n) is 18.9. The van der Waals surface area contributed by atoms with Gasteiger partial charge in [-0.2, -0.15) is 5.26 Å². The minimum absolute atomic E-state index is 0.249. The van der Waals surface area contributed by atoms with Gasteiger partial charge in [-0.15, -0.1) is 0 Å². The van der Waals surface area contributed by atoms with E-state index in [0.29, 0.717) is 22.3 Å². The highest BCUT2D eigenvalue weighted by molar-refractivity contribution is 5.87. The molecule has 4 rings (SSSR count). The first-order valence-electron chi connectivity index (χ1n) is 11.4. The molecule has 34 heavy (non-hydrogen) atoms. The van der Waals surface area contributed by atoms with Crippen molar-refractivity contribution in [2.24, 2.45) is 0 Å². The van der Waals surface area contributed by atoms with Crippen molar-refractivity contribution in [3.63, 3.8) is 0 Å². The van der Waals surface area contributed by atoms with E-state index in [9.17, 15) is 8.78 Å². The van der Waals surface area contributed by atoms with Crippen LogP contribution in [0.1, 0.15) is 48.4 Å². The fraction of sp³-hybridized carbons (Fsp3) is 0.250. The third-order valence-corrected chi connectivity index (χ3v) is 5.96. The number of nitriles is 1. The minimum Gasteiger partial charge on any atom is -0.236 e. The van der Waals surface area contributed by atoms with E-state index in [1.165, 1.54) is 18.9 Å². The minimum atomic E-state index is -0.903. The van der Waals surface area contributed by atoms with Crippen LogP contribution in [0.2, 0.25) is 0 Å². The lowest BCUT2D eigenvalue weighted by molar-refractivity contribution is 0.572. The predicted molar refractivity (Wildman–Crippen MR) is 127 cm³/mol. The maximum absolute atomic E-state index is 15.2. The van der Waals surface area contributed by atoms with Crippen LogP contribution in [0.5, 0.6) is 0 Å². The number of unbranched alkanes of at least 4 members (excludes halogenated alkanes) is 2. The number of aryl methyl sites for hydroxylation is 3. The van der Waals surface area contributed by atoms with Gasteiger partial charge in [0.1, 0.15) is 29.1 Å². The van der Waals surface area contributed by atoms with Gasteiger partial charge in [0.15, 0.2) is 5.82 Å². The van der Waals surface area contributed by atoms with Gasteiger partial charge in [0.25, 0.3) is 0 Å². The predicted octanol–water partition coefficient (Wildman–Crippen LogP) is 7.10. The normalized spacial score (nSPS) is 11.0. The van der Waals surface area contributed by atoms with Crippen molar-refractivity contribution in [2.75, 3.05) is 0 Å². The Morgan fingerprint density at radius 1 is 0.824 bits per heavy atom. The maximum atomic E-state index is 15.2. The Kier molecular flexibility index (Phi) is 7.22. The number of fused-ring (bicyclic) bond motifs is 1. The van der Waals surface area contributed by atoms with Crippen LogP contribution < -0.4 is 0 Å². The second-order valence-electron chi connectivity index (χ2n) is 8.39. The molecule has 0 aliphatic carbocycles. The van der Waals surface area contributed by atoms with E-state index < -0.39 is 17.2 Å². The monoisotopic (exact) mass is 459 g/mol. The van der Waals surface area contributed by atoms with Crippen LogP contribution >= 0.6 is 0 Å². The summed E-state index contributed by atoms with van der Waals surface area (Å²) in [5, 5.41) is 9.99. The van der Waals surface area contributed by atoms with E-state index in [4.69, 9.17) is 5.26 Å². The second-order valence-corrected chi connectivity index (χ2v) is 8.39. The zero-order valence-corrected chi connectivity index (χ0v) is 18.9. The second kappa shape index (κ2) is 10.5. The molecule has 0 aliphatic rings. The Morgan fingerprint density at radius 3 is 2.24 bits per heavy atom. The lowest BCUT2D eigenvalue weighted by atomic mass is 9.98. The molecule has 0 bridgehead atoms. The third kappa shape index (κ3) is 5.09. The summed E-state index contributed by atoms with van der Waals surface area (Å²) in [5.41, 5.74) is 2.14. The van der Waals surface area contributed by atoms with Crippen LogP contribution in [0.3, 0.4) is 0 Å². The summed E-state index contributed by atoms with van der Waals surface area (Å²) in [7, 11) is 0. The molecule has 0 amide bonds. The van der Waals surface area contributed by atoms with E-state index in [1.807, 2.05) is 24.5 Å². The quantitative estimate of drug-likeness (QED) is 0.264. The summed E-state index contributed by atoms with van der Waals surface area (Å²) in [5.74, 6) is -1.57. The summed E-state index contributed by atoms with van der Waals surface area (Å²) in [6.07, 6.45) is 8.65. The van der Waals surface area contributed by atoms with Crippen molar-refractivity contribution in [1.29, 1.82) is 5.26 Å². The number of halogens is 3. The molecule has 3 nitrogen and oxygen atoms in total. The van der Waals surface area contributed by atoms with E-state index in [0.717, 1.165) is 41.5 Å². The van der Waals surface area contributed by atoms with Crippen LogP contribution in [0.4, 0.5) is 13.2 Å². The first-order valence-corrected chi connectivity index (χ1v) is 11.4. The van der Waals surface area contributed by atoms with E-state index in [2.05, 4.69) is 16.9 Å². The number of rotatable bonds is 8. The van der Waals surface area contributed by atoms with Gasteiger partial charge in [-0.25, -0.2) is 23.1 Å². The molecule has 0 N–H and O–H groups in total. The maximum Gasteiger partial charge on any atom is 0.159 e. The summed E-state index contributed by atoms with van der Waals surface area (Å²) < 4.78 is 42.9. The Bertz CT molecular complexity index is 1340. The topological polar surface area (TPSA) is 49.6 Å². The number of hydrogen-bond donors (Lipinski definition) is 0. The van der Waals surface area contributed by atoms with E-state index >= 15 is 4.39 Å². The van der Waals surface area contributed by atoms with Crippen LogP contribution in [-0.2, 0) is 19.3 Å². The van der Waals surface area contributed by atoms with Crippen molar-refractivity contribution >= 4 is 10.8 Å². The fourth-order valence-electron chi connectivity index (χ4n) is 4.04. The molecule has 0 atom stereocenters. The molecule has 1 heterocycles. The van der Waals surface area contributed by atoms with Crippen molar-refractivity contribution in [2.45, 2.75) is 45.4 Å². The van der Waals surface area contributed by atoms with Gasteiger partial charge < -0.3 is 0 Å². The molecule has 0 unspecified atom stereocenters. The van der Waals surface area contributed by atoms with Crippen LogP contribution in [0.25, 0.3) is 22.2 Å². The molecular weight excluding hydrogens is 435 g/mol. The highest BCUT2D eigenvalue weighted by atomic mass is 19.1. The van der Waals surface area contributed by atoms with Gasteiger partial charge in [-0.1, -0.05) is 44.0 Å². The fourth-order valence-corrected chi connectivity index (χ4v) is 4.04. The molecule has 0 fully saturated rings. The number of benzene rings is 3. The zero-order chi connectivity index (χ0) is 24.1. The van der Waals surface area contributed by atoms with Gasteiger partial charge in [0.05, 0.1) is 0 Å². The highest BCUT2D eigenvalue weighted by Crippen LogP contribution is 2.27. The average Bonchev–Trinajstić information content (AvgIpc) is 2.84. The van der Waals surface area contributed by atoms with Crippen LogP contribution in [-0.4, -0.2) is 9.97 Å². The van der Waals surface area contributed by atoms with Crippen molar-refractivity contribution in [1.82, 2.24) is 9.97 Å². The summed E-state index contributed by atoms with van der Waals surface area (Å²) in [6, 6.07) is 12.6. The molecule has 4 aromatic rings. The Labute approximate surface area is 196 Å². The average molecular weight is 460 g/mol. The molecule has 0 aliphatic heterocycles. The summed E-state index contributed by atoms with van der Waals surface area (Å²) >= 11 is 0. The highest BCUT2D eigenvalue weighted by Gasteiger charge is 2.13. The molecule has 172 valence electrons. The van der Waals surface area contributed by atoms with Gasteiger partial charge in [0.2, 0.25) is 0 Å². The number of hydrogen-bond acceptors (Lipinski definition) is 3. The molecule has 0 saturated heterocycles. The third-order valence-electron chi connectivity index (χ3n) is 5.96. The smallest absolute Gasteiger partial charge is 0.159 e. The van der Waals surface area contributed by atoms with Crippen LogP contribution in [0, 0.1) is 28.8 Å². The standard InChI is InChI=1S/C28H24F3N3/c1-2-3-4-5-19-16-33-28(34-17-19)22-10-11-23-21(14-22)9-8-20(27(23)31)7-6-18-12-25(29)24(15-32)26(30)13-18/h8-14,16-17H,2-7H2,1H3. The molecule has 0 spiro atoms. The molecule has 0 radical (unpaired) electrons. The van der Waals surface area contributed by atoms with E-state index in [-0.39, 0.29) is 18.7 Å².